The molecular weight excluding hydrogens is 360 g/mol. The summed E-state index contributed by atoms with van der Waals surface area (Å²) >= 11 is 0. The second-order valence-electron chi connectivity index (χ2n) is 8.26. The second-order valence-corrected chi connectivity index (χ2v) is 8.26. The van der Waals surface area contributed by atoms with Gasteiger partial charge in [-0.3, -0.25) is 9.69 Å². The third kappa shape index (κ3) is 6.25. The van der Waals surface area contributed by atoms with Crippen molar-refractivity contribution in [2.45, 2.75) is 65.0 Å². The number of likely N-dealkylation sites (tertiary alicyclic amines) is 1. The fraction of sp³-hybridized carbons (Fsp3) is 0.571. The Morgan fingerprint density at radius 2 is 1.82 bits per heavy atom. The van der Waals surface area contributed by atoms with E-state index in [1.54, 1.807) is 20.8 Å². The number of rotatable bonds is 5. The SMILES string of the molecule is CC(C)c1ccc(NC(=O)COC(=O)[C@@H]2CCCN2C(=O)OC(C)(C)C)cc1. The smallest absolute Gasteiger partial charge is 0.411 e. The van der Waals surface area contributed by atoms with Crippen LogP contribution in [0.1, 0.15) is 58.9 Å². The van der Waals surface area contributed by atoms with Gasteiger partial charge >= 0.3 is 12.1 Å². The van der Waals surface area contributed by atoms with Crippen molar-refractivity contribution >= 4 is 23.7 Å². The van der Waals surface area contributed by atoms with E-state index in [2.05, 4.69) is 19.2 Å². The molecule has 2 amide bonds. The summed E-state index contributed by atoms with van der Waals surface area (Å²) in [5.41, 5.74) is 1.17. The molecule has 1 N–H and O–H groups in total. The van der Waals surface area contributed by atoms with Crippen LogP contribution in [0, 0.1) is 0 Å². The Kier molecular flexibility index (Phi) is 7.05. The fourth-order valence-corrected chi connectivity index (χ4v) is 2.93. The Hall–Kier alpha value is -2.57. The minimum Gasteiger partial charge on any atom is -0.454 e. The molecule has 1 heterocycles. The number of esters is 1. The van der Waals surface area contributed by atoms with Crippen LogP contribution >= 0.6 is 0 Å². The van der Waals surface area contributed by atoms with E-state index in [0.29, 0.717) is 31.0 Å². The molecule has 1 aliphatic rings. The molecule has 0 aliphatic carbocycles. The highest BCUT2D eigenvalue weighted by Gasteiger charge is 2.37. The fourth-order valence-electron chi connectivity index (χ4n) is 2.93. The molecule has 7 nitrogen and oxygen atoms in total. The van der Waals surface area contributed by atoms with Gasteiger partial charge in [-0.25, -0.2) is 9.59 Å². The average Bonchev–Trinajstić information content (AvgIpc) is 3.08. The number of carbonyl (C=O) groups excluding carboxylic acids is 3. The lowest BCUT2D eigenvalue weighted by Gasteiger charge is -2.27. The van der Waals surface area contributed by atoms with Gasteiger partial charge in [-0.15, -0.1) is 0 Å². The number of carbonyl (C=O) groups is 3. The highest BCUT2D eigenvalue weighted by Crippen LogP contribution is 2.22. The molecule has 2 rings (SSSR count). The largest absolute Gasteiger partial charge is 0.454 e. The van der Waals surface area contributed by atoms with Crippen molar-refractivity contribution in [3.63, 3.8) is 0 Å². The standard InChI is InChI=1S/C21H30N2O5/c1-14(2)15-8-10-16(11-9-15)22-18(24)13-27-19(25)17-7-6-12-23(17)20(26)28-21(3,4)5/h8-11,14,17H,6-7,12-13H2,1-5H3,(H,22,24)/t17-/m0/s1. The maximum atomic E-state index is 12.4. The van der Waals surface area contributed by atoms with Gasteiger partial charge < -0.3 is 14.8 Å². The third-order valence-electron chi connectivity index (χ3n) is 4.36. The summed E-state index contributed by atoms with van der Waals surface area (Å²) in [6, 6.07) is 6.81. The van der Waals surface area contributed by atoms with Crippen molar-refractivity contribution in [1.82, 2.24) is 4.90 Å². The van der Waals surface area contributed by atoms with Gasteiger partial charge in [0.25, 0.3) is 5.91 Å². The van der Waals surface area contributed by atoms with E-state index in [0.717, 1.165) is 0 Å². The van der Waals surface area contributed by atoms with Crippen molar-refractivity contribution in [1.29, 1.82) is 0 Å². The molecule has 0 spiro atoms. The van der Waals surface area contributed by atoms with Gasteiger partial charge in [0.05, 0.1) is 0 Å². The molecule has 28 heavy (non-hydrogen) atoms. The average molecular weight is 390 g/mol. The highest BCUT2D eigenvalue weighted by atomic mass is 16.6. The van der Waals surface area contributed by atoms with Gasteiger partial charge in [0.1, 0.15) is 11.6 Å². The van der Waals surface area contributed by atoms with Crippen LogP contribution in [0.4, 0.5) is 10.5 Å². The lowest BCUT2D eigenvalue weighted by Crippen LogP contribution is -2.44. The molecule has 1 aliphatic heterocycles. The zero-order valence-electron chi connectivity index (χ0n) is 17.3. The minimum atomic E-state index is -0.715. The minimum absolute atomic E-state index is 0.399. The summed E-state index contributed by atoms with van der Waals surface area (Å²) in [4.78, 5) is 38.0. The second kappa shape index (κ2) is 9.08. The number of benzene rings is 1. The van der Waals surface area contributed by atoms with Gasteiger partial charge in [-0.1, -0.05) is 26.0 Å². The van der Waals surface area contributed by atoms with Gasteiger partial charge in [0.15, 0.2) is 6.61 Å². The predicted molar refractivity (Wildman–Crippen MR) is 106 cm³/mol. The summed E-state index contributed by atoms with van der Waals surface area (Å²) in [5.74, 6) is -0.605. The van der Waals surface area contributed by atoms with Crippen LogP contribution in [-0.4, -0.2) is 47.7 Å². The van der Waals surface area contributed by atoms with Crippen LogP contribution < -0.4 is 5.32 Å². The lowest BCUT2D eigenvalue weighted by molar-refractivity contribution is -0.151. The summed E-state index contributed by atoms with van der Waals surface area (Å²) in [7, 11) is 0. The van der Waals surface area contributed by atoms with E-state index in [-0.39, 0.29) is 0 Å². The van der Waals surface area contributed by atoms with E-state index in [9.17, 15) is 14.4 Å². The molecule has 0 saturated carbocycles. The Labute approximate surface area is 166 Å². The third-order valence-corrected chi connectivity index (χ3v) is 4.36. The van der Waals surface area contributed by atoms with E-state index < -0.39 is 36.2 Å². The molecule has 1 aromatic carbocycles. The Morgan fingerprint density at radius 1 is 1.18 bits per heavy atom. The quantitative estimate of drug-likeness (QED) is 0.775. The molecule has 0 bridgehead atoms. The number of hydrogen-bond acceptors (Lipinski definition) is 5. The van der Waals surface area contributed by atoms with Crippen LogP contribution in [0.2, 0.25) is 0 Å². The van der Waals surface area contributed by atoms with Gasteiger partial charge in [0, 0.05) is 12.2 Å². The van der Waals surface area contributed by atoms with Crippen molar-refractivity contribution < 1.29 is 23.9 Å². The normalized spacial score (nSPS) is 16.8. The zero-order chi connectivity index (χ0) is 20.9. The molecule has 7 heteroatoms. The molecule has 0 aromatic heterocycles. The van der Waals surface area contributed by atoms with E-state index in [4.69, 9.17) is 9.47 Å². The van der Waals surface area contributed by atoms with Crippen molar-refractivity contribution in [2.75, 3.05) is 18.5 Å². The van der Waals surface area contributed by atoms with E-state index in [1.165, 1.54) is 10.5 Å². The number of ether oxygens (including phenoxy) is 2. The van der Waals surface area contributed by atoms with Gasteiger partial charge in [-0.2, -0.15) is 0 Å². The first-order valence-electron chi connectivity index (χ1n) is 9.63. The zero-order valence-corrected chi connectivity index (χ0v) is 17.3. The van der Waals surface area contributed by atoms with Crippen molar-refractivity contribution in [3.8, 4) is 0 Å². The topological polar surface area (TPSA) is 84.9 Å². The predicted octanol–water partition coefficient (Wildman–Crippen LogP) is 3.69. The maximum absolute atomic E-state index is 12.4. The number of anilines is 1. The summed E-state index contributed by atoms with van der Waals surface area (Å²) in [6.07, 6.45) is 0.644. The van der Waals surface area contributed by atoms with Crippen molar-refractivity contribution in [2.24, 2.45) is 0 Å². The number of nitrogens with zero attached hydrogens (tertiary/aromatic N) is 1. The molecule has 154 valence electrons. The van der Waals surface area contributed by atoms with E-state index >= 15 is 0 Å². The summed E-state index contributed by atoms with van der Waals surface area (Å²) < 4.78 is 10.5. The molecule has 1 saturated heterocycles. The van der Waals surface area contributed by atoms with Crippen LogP contribution in [0.25, 0.3) is 0 Å². The van der Waals surface area contributed by atoms with Gasteiger partial charge in [-0.05, 0) is 57.2 Å². The Balaban J connectivity index is 1.85. The monoisotopic (exact) mass is 390 g/mol. The molecule has 0 radical (unpaired) electrons. The van der Waals surface area contributed by atoms with Crippen LogP contribution in [0.3, 0.4) is 0 Å². The lowest BCUT2D eigenvalue weighted by atomic mass is 10.0. The van der Waals surface area contributed by atoms with Crippen LogP contribution in [0.5, 0.6) is 0 Å². The number of amides is 2. The molecule has 1 aromatic rings. The van der Waals surface area contributed by atoms with Crippen molar-refractivity contribution in [3.05, 3.63) is 29.8 Å². The van der Waals surface area contributed by atoms with Crippen LogP contribution in [0.15, 0.2) is 24.3 Å². The molecular formula is C21H30N2O5. The molecule has 0 unspecified atom stereocenters. The number of hydrogen-bond donors (Lipinski definition) is 1. The highest BCUT2D eigenvalue weighted by molar-refractivity contribution is 5.93. The van der Waals surface area contributed by atoms with Gasteiger partial charge in [0.2, 0.25) is 0 Å². The molecule has 1 atom stereocenters. The Bertz CT molecular complexity index is 707. The molecule has 1 fully saturated rings. The number of nitrogens with one attached hydrogen (secondary N) is 1. The summed E-state index contributed by atoms with van der Waals surface area (Å²) in [5, 5.41) is 2.70. The first kappa shape index (κ1) is 21.7. The summed E-state index contributed by atoms with van der Waals surface area (Å²) in [6.45, 7) is 9.53. The Morgan fingerprint density at radius 3 is 2.39 bits per heavy atom. The van der Waals surface area contributed by atoms with Crippen LogP contribution in [-0.2, 0) is 19.1 Å². The van der Waals surface area contributed by atoms with E-state index in [1.807, 2.05) is 24.3 Å². The first-order chi connectivity index (χ1) is 13.1. The first-order valence-corrected chi connectivity index (χ1v) is 9.63. The maximum Gasteiger partial charge on any atom is 0.411 e.